The molecule has 0 saturated carbocycles. The smallest absolute Gasteiger partial charge is 0.400 e. The van der Waals surface area contributed by atoms with E-state index >= 15 is 0 Å². The highest BCUT2D eigenvalue weighted by atomic mass is 16.7. The summed E-state index contributed by atoms with van der Waals surface area (Å²) in [6, 6.07) is 8.53. The molecule has 0 amide bonds. The van der Waals surface area contributed by atoms with Crippen molar-refractivity contribution in [3.8, 4) is 0 Å². The van der Waals surface area contributed by atoms with E-state index < -0.39 is 7.12 Å². The number of rotatable bonds is 4. The molecule has 0 atom stereocenters. The number of hydrogen-bond acceptors (Lipinski definition) is 5. The van der Waals surface area contributed by atoms with Crippen LogP contribution in [0.3, 0.4) is 0 Å². The van der Waals surface area contributed by atoms with Crippen molar-refractivity contribution in [3.63, 3.8) is 0 Å². The van der Waals surface area contributed by atoms with Gasteiger partial charge in [0.25, 0.3) is 0 Å². The Morgan fingerprint density at radius 3 is 2.16 bits per heavy atom. The lowest BCUT2D eigenvalue weighted by Gasteiger charge is -2.32. The summed E-state index contributed by atoms with van der Waals surface area (Å²) in [4.78, 5) is 2.34. The standard InChI is InChI=1S/C19H29BN2O3/c1-18(2)19(3,4)25-20(24-18)16(14-21)13-15-5-7-17(8-6-15)22-9-11-23-12-10-22/h5-8,13H,9-12,14,21H2,1-4H3. The van der Waals surface area contributed by atoms with Gasteiger partial charge in [0.05, 0.1) is 24.4 Å². The van der Waals surface area contributed by atoms with Crippen molar-refractivity contribution in [3.05, 3.63) is 35.3 Å². The van der Waals surface area contributed by atoms with Gasteiger partial charge in [-0.15, -0.1) is 0 Å². The van der Waals surface area contributed by atoms with Gasteiger partial charge in [-0.2, -0.15) is 0 Å². The zero-order chi connectivity index (χ0) is 18.1. The van der Waals surface area contributed by atoms with E-state index in [1.807, 2.05) is 0 Å². The lowest BCUT2D eigenvalue weighted by Crippen LogP contribution is -2.41. The summed E-state index contributed by atoms with van der Waals surface area (Å²) in [5, 5.41) is 0. The summed E-state index contributed by atoms with van der Waals surface area (Å²) in [6.07, 6.45) is 2.07. The van der Waals surface area contributed by atoms with Gasteiger partial charge in [-0.05, 0) is 50.9 Å². The summed E-state index contributed by atoms with van der Waals surface area (Å²) in [5.41, 5.74) is 8.55. The Labute approximate surface area is 151 Å². The molecule has 25 heavy (non-hydrogen) atoms. The van der Waals surface area contributed by atoms with E-state index in [0.29, 0.717) is 6.54 Å². The SMILES string of the molecule is CC1(C)OB(C(=Cc2ccc(N3CCOCC3)cc2)CN)OC1(C)C. The number of morpholine rings is 1. The summed E-state index contributed by atoms with van der Waals surface area (Å²) in [6.45, 7) is 12.1. The van der Waals surface area contributed by atoms with Crippen molar-refractivity contribution in [1.29, 1.82) is 0 Å². The quantitative estimate of drug-likeness (QED) is 0.851. The zero-order valence-electron chi connectivity index (χ0n) is 15.7. The van der Waals surface area contributed by atoms with Crippen LogP contribution in [0.15, 0.2) is 29.7 Å². The first kappa shape index (κ1) is 18.5. The molecule has 136 valence electrons. The second-order valence-electron chi connectivity index (χ2n) is 7.70. The van der Waals surface area contributed by atoms with Crippen LogP contribution in [0.25, 0.3) is 6.08 Å². The molecule has 0 aromatic heterocycles. The number of anilines is 1. The van der Waals surface area contributed by atoms with Crippen molar-refractivity contribution in [2.24, 2.45) is 5.73 Å². The molecular formula is C19H29BN2O3. The number of benzene rings is 1. The van der Waals surface area contributed by atoms with E-state index in [0.717, 1.165) is 37.3 Å². The maximum Gasteiger partial charge on any atom is 0.491 e. The molecule has 2 N–H and O–H groups in total. The molecule has 2 heterocycles. The fraction of sp³-hybridized carbons (Fsp3) is 0.579. The van der Waals surface area contributed by atoms with Gasteiger partial charge < -0.3 is 24.7 Å². The zero-order valence-corrected chi connectivity index (χ0v) is 15.7. The van der Waals surface area contributed by atoms with Crippen LogP contribution in [-0.4, -0.2) is 51.2 Å². The van der Waals surface area contributed by atoms with Crippen molar-refractivity contribution < 1.29 is 14.0 Å². The predicted molar refractivity (Wildman–Crippen MR) is 103 cm³/mol. The minimum atomic E-state index is -0.395. The maximum absolute atomic E-state index is 6.12. The van der Waals surface area contributed by atoms with Crippen LogP contribution < -0.4 is 10.6 Å². The van der Waals surface area contributed by atoms with Gasteiger partial charge >= 0.3 is 7.12 Å². The Bertz CT molecular complexity index is 606. The molecule has 1 aromatic carbocycles. The average molecular weight is 344 g/mol. The van der Waals surface area contributed by atoms with Gasteiger partial charge in [0.1, 0.15) is 0 Å². The third-order valence-electron chi connectivity index (χ3n) is 5.41. The molecule has 3 rings (SSSR count). The van der Waals surface area contributed by atoms with E-state index in [2.05, 4.69) is 62.9 Å². The van der Waals surface area contributed by atoms with E-state index in [4.69, 9.17) is 19.8 Å². The topological polar surface area (TPSA) is 57.0 Å². The van der Waals surface area contributed by atoms with Crippen molar-refractivity contribution in [2.75, 3.05) is 37.7 Å². The Kier molecular flexibility index (Phi) is 5.25. The molecule has 6 heteroatoms. The highest BCUT2D eigenvalue weighted by molar-refractivity contribution is 6.55. The molecule has 0 aliphatic carbocycles. The van der Waals surface area contributed by atoms with E-state index in [9.17, 15) is 0 Å². The summed E-state index contributed by atoms with van der Waals surface area (Å²) < 4.78 is 17.6. The first-order valence-electron chi connectivity index (χ1n) is 9.01. The van der Waals surface area contributed by atoms with E-state index in [1.165, 1.54) is 5.69 Å². The predicted octanol–water partition coefficient (Wildman–Crippen LogP) is 2.50. The van der Waals surface area contributed by atoms with Crippen LogP contribution in [0.2, 0.25) is 0 Å². The van der Waals surface area contributed by atoms with Gasteiger partial charge in [-0.1, -0.05) is 18.2 Å². The van der Waals surface area contributed by atoms with Gasteiger partial charge in [0, 0.05) is 25.3 Å². The van der Waals surface area contributed by atoms with Crippen LogP contribution in [0, 0.1) is 0 Å². The molecule has 2 fully saturated rings. The van der Waals surface area contributed by atoms with Crippen molar-refractivity contribution >= 4 is 18.9 Å². The molecule has 2 saturated heterocycles. The minimum absolute atomic E-state index is 0.355. The Hall–Kier alpha value is -1.34. The van der Waals surface area contributed by atoms with Gasteiger partial charge in [-0.3, -0.25) is 0 Å². The molecule has 2 aliphatic rings. The van der Waals surface area contributed by atoms with Crippen molar-refractivity contribution in [1.82, 2.24) is 0 Å². The summed E-state index contributed by atoms with van der Waals surface area (Å²) in [5.74, 6) is 0. The molecule has 0 bridgehead atoms. The number of nitrogens with two attached hydrogens (primary N) is 1. The van der Waals surface area contributed by atoms with Gasteiger partial charge in [0.2, 0.25) is 0 Å². The van der Waals surface area contributed by atoms with E-state index in [1.54, 1.807) is 0 Å². The normalized spacial score (nSPS) is 23.2. The molecule has 5 nitrogen and oxygen atoms in total. The summed E-state index contributed by atoms with van der Waals surface area (Å²) >= 11 is 0. The van der Waals surface area contributed by atoms with Crippen LogP contribution in [0.4, 0.5) is 5.69 Å². The Morgan fingerprint density at radius 1 is 1.08 bits per heavy atom. The molecule has 2 aliphatic heterocycles. The van der Waals surface area contributed by atoms with Crippen LogP contribution in [-0.2, 0) is 14.0 Å². The average Bonchev–Trinajstić information content (AvgIpc) is 2.81. The van der Waals surface area contributed by atoms with Crippen molar-refractivity contribution in [2.45, 2.75) is 38.9 Å². The Balaban J connectivity index is 1.74. The molecular weight excluding hydrogens is 315 g/mol. The number of nitrogens with zero attached hydrogens (tertiary/aromatic N) is 1. The highest BCUT2D eigenvalue weighted by Crippen LogP contribution is 2.38. The lowest BCUT2D eigenvalue weighted by atomic mass is 9.77. The van der Waals surface area contributed by atoms with Crippen LogP contribution in [0.5, 0.6) is 0 Å². The second-order valence-corrected chi connectivity index (χ2v) is 7.70. The third-order valence-corrected chi connectivity index (χ3v) is 5.41. The van der Waals surface area contributed by atoms with Gasteiger partial charge in [-0.25, -0.2) is 0 Å². The summed E-state index contributed by atoms with van der Waals surface area (Å²) in [7, 11) is -0.395. The first-order chi connectivity index (χ1) is 11.8. The van der Waals surface area contributed by atoms with E-state index in [-0.39, 0.29) is 11.2 Å². The maximum atomic E-state index is 6.12. The second kappa shape index (κ2) is 7.12. The fourth-order valence-corrected chi connectivity index (χ4v) is 3.03. The number of ether oxygens (including phenoxy) is 1. The first-order valence-corrected chi connectivity index (χ1v) is 9.01. The lowest BCUT2D eigenvalue weighted by molar-refractivity contribution is 0.00578. The fourth-order valence-electron chi connectivity index (χ4n) is 3.03. The molecule has 0 spiro atoms. The molecule has 0 radical (unpaired) electrons. The van der Waals surface area contributed by atoms with Crippen LogP contribution >= 0.6 is 0 Å². The molecule has 0 unspecified atom stereocenters. The highest BCUT2D eigenvalue weighted by Gasteiger charge is 2.52. The largest absolute Gasteiger partial charge is 0.491 e. The van der Waals surface area contributed by atoms with Gasteiger partial charge in [0.15, 0.2) is 0 Å². The number of hydrogen-bond donors (Lipinski definition) is 1. The third kappa shape index (κ3) is 3.92. The monoisotopic (exact) mass is 344 g/mol. The molecule has 1 aromatic rings. The minimum Gasteiger partial charge on any atom is -0.400 e. The Morgan fingerprint density at radius 2 is 1.64 bits per heavy atom. The van der Waals surface area contributed by atoms with Crippen LogP contribution in [0.1, 0.15) is 33.3 Å².